The highest BCUT2D eigenvalue weighted by molar-refractivity contribution is 5.78. The van der Waals surface area contributed by atoms with Crippen LogP contribution in [0.4, 0.5) is 5.69 Å². The molecule has 6 nitrogen and oxygen atoms in total. The van der Waals surface area contributed by atoms with Crippen molar-refractivity contribution in [3.05, 3.63) is 29.6 Å². The van der Waals surface area contributed by atoms with E-state index >= 15 is 0 Å². The molecule has 0 bridgehead atoms. The Bertz CT molecular complexity index is 754. The van der Waals surface area contributed by atoms with E-state index in [1.54, 1.807) is 4.90 Å². The van der Waals surface area contributed by atoms with Gasteiger partial charge in [-0.25, -0.2) is 4.98 Å². The number of rotatable bonds is 2. The molecule has 1 unspecified atom stereocenters. The second kappa shape index (κ2) is 4.70. The number of aliphatic imine (C=N–C) groups is 1. The highest BCUT2D eigenvalue weighted by atomic mass is 15.2. The van der Waals surface area contributed by atoms with Gasteiger partial charge in [0.25, 0.3) is 0 Å². The number of fused-ring (bicyclic) bond motifs is 1. The molecule has 0 radical (unpaired) electrons. The lowest BCUT2D eigenvalue weighted by Gasteiger charge is -2.05. The lowest BCUT2D eigenvalue weighted by molar-refractivity contribution is 0.476. The van der Waals surface area contributed by atoms with Crippen molar-refractivity contribution in [2.75, 3.05) is 13.1 Å². The molecule has 0 amide bonds. The summed E-state index contributed by atoms with van der Waals surface area (Å²) in [6.45, 7) is 1.52. The van der Waals surface area contributed by atoms with Crippen molar-refractivity contribution in [2.24, 2.45) is 4.99 Å². The SMILES string of the molecule is N#CN1CCC(c2nc(-c3ccc4c(c3)CC=N4)n[nH]2)C1. The van der Waals surface area contributed by atoms with Crippen molar-refractivity contribution < 1.29 is 0 Å². The van der Waals surface area contributed by atoms with Crippen LogP contribution in [0.25, 0.3) is 11.4 Å². The van der Waals surface area contributed by atoms with Crippen LogP contribution in [-0.2, 0) is 6.42 Å². The van der Waals surface area contributed by atoms with Gasteiger partial charge in [-0.1, -0.05) is 0 Å². The Morgan fingerprint density at radius 3 is 3.19 bits per heavy atom. The van der Waals surface area contributed by atoms with Crippen molar-refractivity contribution in [2.45, 2.75) is 18.8 Å². The highest BCUT2D eigenvalue weighted by Gasteiger charge is 2.26. The highest BCUT2D eigenvalue weighted by Crippen LogP contribution is 2.30. The fraction of sp³-hybridized carbons (Fsp3) is 0.333. The summed E-state index contributed by atoms with van der Waals surface area (Å²) in [4.78, 5) is 10.7. The van der Waals surface area contributed by atoms with E-state index in [0.29, 0.717) is 0 Å². The molecule has 1 aromatic carbocycles. The third-order valence-corrected chi connectivity index (χ3v) is 4.10. The van der Waals surface area contributed by atoms with Gasteiger partial charge in [-0.15, -0.1) is 0 Å². The van der Waals surface area contributed by atoms with Crippen molar-refractivity contribution in [1.82, 2.24) is 20.1 Å². The van der Waals surface area contributed by atoms with Crippen molar-refractivity contribution >= 4 is 11.9 Å². The molecule has 2 aliphatic heterocycles. The monoisotopic (exact) mass is 278 g/mol. The molecule has 104 valence electrons. The Morgan fingerprint density at radius 2 is 2.33 bits per heavy atom. The molecule has 0 spiro atoms. The van der Waals surface area contributed by atoms with Crippen LogP contribution in [-0.4, -0.2) is 39.4 Å². The molecule has 2 aliphatic rings. The first-order valence-electron chi connectivity index (χ1n) is 7.06. The molecule has 1 aromatic heterocycles. The Hall–Kier alpha value is -2.68. The maximum atomic E-state index is 8.92. The minimum absolute atomic E-state index is 0.267. The molecule has 1 N–H and O–H groups in total. The number of nitrogens with zero attached hydrogens (tertiary/aromatic N) is 5. The lowest BCUT2D eigenvalue weighted by Crippen LogP contribution is -2.13. The Kier molecular flexibility index (Phi) is 2.71. The second-order valence-corrected chi connectivity index (χ2v) is 5.44. The number of aromatic nitrogens is 3. The van der Waals surface area contributed by atoms with Crippen LogP contribution in [0, 0.1) is 11.5 Å². The smallest absolute Gasteiger partial charge is 0.181 e. The van der Waals surface area contributed by atoms with E-state index in [1.807, 2.05) is 18.3 Å². The van der Waals surface area contributed by atoms with Crippen LogP contribution < -0.4 is 0 Å². The molecule has 1 fully saturated rings. The van der Waals surface area contributed by atoms with Crippen molar-refractivity contribution in [1.29, 1.82) is 5.26 Å². The van der Waals surface area contributed by atoms with E-state index in [-0.39, 0.29) is 5.92 Å². The first-order valence-corrected chi connectivity index (χ1v) is 7.06. The maximum absolute atomic E-state index is 8.92. The standard InChI is InChI=1S/C15H14N6/c16-9-21-6-4-12(8-21)15-18-14(19-20-15)11-1-2-13-10(7-11)3-5-17-13/h1-2,5,7,12H,3-4,6,8H2,(H,18,19,20). The fourth-order valence-corrected chi connectivity index (χ4v) is 2.92. The fourth-order valence-electron chi connectivity index (χ4n) is 2.92. The quantitative estimate of drug-likeness (QED) is 0.852. The largest absolute Gasteiger partial charge is 0.310 e. The van der Waals surface area contributed by atoms with E-state index in [1.165, 1.54) is 5.56 Å². The predicted molar refractivity (Wildman–Crippen MR) is 78.2 cm³/mol. The zero-order chi connectivity index (χ0) is 14.2. The summed E-state index contributed by atoms with van der Waals surface area (Å²) >= 11 is 0. The number of hydrogen-bond donors (Lipinski definition) is 1. The maximum Gasteiger partial charge on any atom is 0.181 e. The van der Waals surface area contributed by atoms with Crippen LogP contribution in [0.5, 0.6) is 0 Å². The molecule has 21 heavy (non-hydrogen) atoms. The van der Waals surface area contributed by atoms with Crippen LogP contribution in [0.1, 0.15) is 23.7 Å². The van der Waals surface area contributed by atoms with Crippen molar-refractivity contribution in [3.63, 3.8) is 0 Å². The molecule has 2 aromatic rings. The Labute approximate surface area is 122 Å². The van der Waals surface area contributed by atoms with Crippen LogP contribution in [0.15, 0.2) is 23.2 Å². The topological polar surface area (TPSA) is 81.0 Å². The van der Waals surface area contributed by atoms with Gasteiger partial charge in [-0.2, -0.15) is 10.4 Å². The summed E-state index contributed by atoms with van der Waals surface area (Å²) in [5.41, 5.74) is 3.27. The summed E-state index contributed by atoms with van der Waals surface area (Å²) in [5, 5.41) is 16.3. The molecule has 4 rings (SSSR count). The number of hydrogen-bond acceptors (Lipinski definition) is 5. The van der Waals surface area contributed by atoms with Gasteiger partial charge >= 0.3 is 0 Å². The second-order valence-electron chi connectivity index (χ2n) is 5.44. The van der Waals surface area contributed by atoms with Gasteiger partial charge < -0.3 is 4.90 Å². The predicted octanol–water partition coefficient (Wildman–Crippen LogP) is 2.00. The summed E-state index contributed by atoms with van der Waals surface area (Å²) in [6, 6.07) is 6.12. The van der Waals surface area contributed by atoms with E-state index < -0.39 is 0 Å². The molecule has 3 heterocycles. The number of H-pyrrole nitrogens is 1. The third-order valence-electron chi connectivity index (χ3n) is 4.10. The van der Waals surface area contributed by atoms with Gasteiger partial charge in [0.2, 0.25) is 0 Å². The normalized spacial score (nSPS) is 19.8. The molecular formula is C15H14N6. The van der Waals surface area contributed by atoms with Crippen LogP contribution >= 0.6 is 0 Å². The van der Waals surface area contributed by atoms with Gasteiger partial charge in [0.1, 0.15) is 5.82 Å². The summed E-state index contributed by atoms with van der Waals surface area (Å²) in [5.74, 6) is 1.86. The van der Waals surface area contributed by atoms with Crippen LogP contribution in [0.2, 0.25) is 0 Å². The zero-order valence-corrected chi connectivity index (χ0v) is 11.5. The Morgan fingerprint density at radius 1 is 1.38 bits per heavy atom. The number of benzene rings is 1. The molecule has 0 aliphatic carbocycles. The van der Waals surface area contributed by atoms with Gasteiger partial charge in [0, 0.05) is 37.2 Å². The number of nitriles is 1. The minimum atomic E-state index is 0.267. The summed E-state index contributed by atoms with van der Waals surface area (Å²) in [6.07, 6.45) is 5.93. The average Bonchev–Trinajstić information content (AvgIpc) is 3.24. The molecule has 1 saturated heterocycles. The molecule has 1 atom stereocenters. The molecule has 0 saturated carbocycles. The van der Waals surface area contributed by atoms with Gasteiger partial charge in [0.05, 0.1) is 5.69 Å². The minimum Gasteiger partial charge on any atom is -0.310 e. The lowest BCUT2D eigenvalue weighted by atomic mass is 10.1. The van der Waals surface area contributed by atoms with E-state index in [2.05, 4.69) is 32.4 Å². The molecular weight excluding hydrogens is 264 g/mol. The summed E-state index contributed by atoms with van der Waals surface area (Å²) < 4.78 is 0. The number of aromatic amines is 1. The first kappa shape index (κ1) is 12.1. The summed E-state index contributed by atoms with van der Waals surface area (Å²) in [7, 11) is 0. The van der Waals surface area contributed by atoms with E-state index in [9.17, 15) is 0 Å². The van der Waals surface area contributed by atoms with Gasteiger partial charge in [-0.3, -0.25) is 10.1 Å². The number of likely N-dealkylation sites (tertiary alicyclic amines) is 1. The van der Waals surface area contributed by atoms with Crippen LogP contribution in [0.3, 0.4) is 0 Å². The van der Waals surface area contributed by atoms with E-state index in [4.69, 9.17) is 5.26 Å². The zero-order valence-electron chi connectivity index (χ0n) is 11.5. The van der Waals surface area contributed by atoms with Gasteiger partial charge in [-0.05, 0) is 30.2 Å². The average molecular weight is 278 g/mol. The van der Waals surface area contributed by atoms with Gasteiger partial charge in [0.15, 0.2) is 12.0 Å². The molecule has 6 heteroatoms. The Balaban J connectivity index is 1.59. The third kappa shape index (κ3) is 2.07. The van der Waals surface area contributed by atoms with Crippen molar-refractivity contribution in [3.8, 4) is 17.6 Å². The first-order chi connectivity index (χ1) is 10.3. The number of nitrogens with one attached hydrogen (secondary N) is 1. The van der Waals surface area contributed by atoms with E-state index in [0.717, 1.165) is 48.8 Å².